The number of nitriles is 1. The van der Waals surface area contributed by atoms with Gasteiger partial charge in [-0.2, -0.15) is 5.26 Å². The van der Waals surface area contributed by atoms with Gasteiger partial charge in [-0.3, -0.25) is 9.69 Å². The molecule has 0 radical (unpaired) electrons. The predicted molar refractivity (Wildman–Crippen MR) is 129 cm³/mol. The summed E-state index contributed by atoms with van der Waals surface area (Å²) in [7, 11) is 0. The lowest BCUT2D eigenvalue weighted by Gasteiger charge is -2.39. The number of unbranched alkanes of at least 4 members (excludes halogenated alkanes) is 4. The van der Waals surface area contributed by atoms with Gasteiger partial charge in [0.25, 0.3) is 0 Å². The second kappa shape index (κ2) is 14.4. The molecule has 31 heavy (non-hydrogen) atoms. The van der Waals surface area contributed by atoms with Crippen molar-refractivity contribution in [3.8, 4) is 6.07 Å². The number of benzene rings is 1. The number of hydrogen-bond donors (Lipinski definition) is 1. The first-order chi connectivity index (χ1) is 15.0. The molecule has 4 heteroatoms. The van der Waals surface area contributed by atoms with Gasteiger partial charge in [-0.1, -0.05) is 77.1 Å². The minimum absolute atomic E-state index is 0.224. The van der Waals surface area contributed by atoms with Crippen molar-refractivity contribution in [2.24, 2.45) is 11.8 Å². The highest BCUT2D eigenvalue weighted by Crippen LogP contribution is 2.27. The van der Waals surface area contributed by atoms with Gasteiger partial charge >= 0.3 is 0 Å². The molecule has 1 N–H and O–H groups in total. The van der Waals surface area contributed by atoms with Crippen LogP contribution in [0.1, 0.15) is 88.1 Å². The Balaban J connectivity index is 1.91. The molecule has 0 aromatic heterocycles. The third kappa shape index (κ3) is 9.13. The molecule has 1 heterocycles. The summed E-state index contributed by atoms with van der Waals surface area (Å²) in [6.07, 6.45) is 10.1. The number of carbonyl (C=O) groups excluding carboxylic acids is 1. The Bertz CT molecular complexity index is 673. The van der Waals surface area contributed by atoms with Gasteiger partial charge in [-0.25, -0.2) is 0 Å². The van der Waals surface area contributed by atoms with Crippen LogP contribution in [0, 0.1) is 23.2 Å². The fraction of sp³-hybridized carbons (Fsp3) is 0.704. The van der Waals surface area contributed by atoms with E-state index in [0.29, 0.717) is 30.7 Å². The van der Waals surface area contributed by atoms with Crippen molar-refractivity contribution in [3.05, 3.63) is 35.4 Å². The minimum atomic E-state index is 0.224. The molecule has 0 bridgehead atoms. The zero-order chi connectivity index (χ0) is 22.5. The van der Waals surface area contributed by atoms with E-state index < -0.39 is 0 Å². The number of nitrogens with zero attached hydrogens (tertiary/aromatic N) is 2. The Kier molecular flexibility index (Phi) is 11.9. The Labute approximate surface area is 190 Å². The molecule has 1 fully saturated rings. The molecule has 1 aliphatic rings. The molecule has 1 saturated heterocycles. The van der Waals surface area contributed by atoms with E-state index in [9.17, 15) is 4.79 Å². The molecular formula is C27H43N3O. The van der Waals surface area contributed by atoms with E-state index >= 15 is 0 Å². The number of carbonyl (C=O) groups is 1. The molecule has 4 nitrogen and oxygen atoms in total. The van der Waals surface area contributed by atoms with E-state index in [1.165, 1.54) is 38.5 Å². The average Bonchev–Trinajstić information content (AvgIpc) is 2.78. The Hall–Kier alpha value is -1.70. The van der Waals surface area contributed by atoms with Crippen LogP contribution in [-0.4, -0.2) is 42.9 Å². The predicted octanol–water partition coefficient (Wildman–Crippen LogP) is 5.62. The lowest BCUT2D eigenvalue weighted by atomic mass is 9.85. The fourth-order valence-corrected chi connectivity index (χ4v) is 4.85. The molecule has 1 aromatic carbocycles. The van der Waals surface area contributed by atoms with Gasteiger partial charge in [0.1, 0.15) is 0 Å². The summed E-state index contributed by atoms with van der Waals surface area (Å²) in [5.41, 5.74) is 1.75. The molecule has 0 aliphatic carbocycles. The van der Waals surface area contributed by atoms with Gasteiger partial charge in [-0.15, -0.1) is 0 Å². The molecule has 0 spiro atoms. The van der Waals surface area contributed by atoms with Crippen LogP contribution in [0.2, 0.25) is 0 Å². The van der Waals surface area contributed by atoms with Crippen molar-refractivity contribution >= 4 is 5.78 Å². The van der Waals surface area contributed by atoms with Crippen LogP contribution in [0.25, 0.3) is 0 Å². The zero-order valence-electron chi connectivity index (χ0n) is 20.0. The van der Waals surface area contributed by atoms with Crippen LogP contribution in [0.5, 0.6) is 0 Å². The molecule has 1 aromatic rings. The Morgan fingerprint density at radius 1 is 1.10 bits per heavy atom. The van der Waals surface area contributed by atoms with Crippen LogP contribution in [0.15, 0.2) is 24.3 Å². The van der Waals surface area contributed by atoms with Crippen molar-refractivity contribution in [2.45, 2.75) is 84.6 Å². The summed E-state index contributed by atoms with van der Waals surface area (Å²) < 4.78 is 0. The molecule has 2 rings (SSSR count). The standard InChI is InChI=1S/C27H43N3O/c1-4-5-6-7-8-9-23(3)26(30-18-16-29-17-19-30)20-22(2)21-27(31)25-12-10-24(11-13-25)14-15-28/h10-13,22-23,26,29H,4-9,14,16-21H2,1-3H3. The maximum atomic E-state index is 12.8. The smallest absolute Gasteiger partial charge is 0.163 e. The number of Topliss-reactive ketones (excluding diaryl/α,β-unsaturated/α-hetero) is 1. The molecule has 3 atom stereocenters. The van der Waals surface area contributed by atoms with Crippen LogP contribution in [0.4, 0.5) is 0 Å². The fourth-order valence-electron chi connectivity index (χ4n) is 4.85. The SMILES string of the molecule is CCCCCCCC(C)C(CC(C)CC(=O)c1ccc(CC#N)cc1)N1CCNCC1. The van der Waals surface area contributed by atoms with Crippen molar-refractivity contribution in [1.29, 1.82) is 5.26 Å². The van der Waals surface area contributed by atoms with Crippen molar-refractivity contribution in [2.75, 3.05) is 26.2 Å². The highest BCUT2D eigenvalue weighted by Gasteiger charge is 2.27. The van der Waals surface area contributed by atoms with Gasteiger partial charge in [0.15, 0.2) is 5.78 Å². The summed E-state index contributed by atoms with van der Waals surface area (Å²) in [5.74, 6) is 1.26. The highest BCUT2D eigenvalue weighted by atomic mass is 16.1. The second-order valence-electron chi connectivity index (χ2n) is 9.53. The van der Waals surface area contributed by atoms with Crippen molar-refractivity contribution in [1.82, 2.24) is 10.2 Å². The van der Waals surface area contributed by atoms with Crippen molar-refractivity contribution in [3.63, 3.8) is 0 Å². The lowest BCUT2D eigenvalue weighted by molar-refractivity contribution is 0.0888. The maximum absolute atomic E-state index is 12.8. The van der Waals surface area contributed by atoms with Crippen molar-refractivity contribution < 1.29 is 4.79 Å². The largest absolute Gasteiger partial charge is 0.314 e. The second-order valence-corrected chi connectivity index (χ2v) is 9.53. The number of piperazine rings is 1. The third-order valence-electron chi connectivity index (χ3n) is 6.78. The molecule has 0 saturated carbocycles. The van der Waals surface area contributed by atoms with Crippen LogP contribution < -0.4 is 5.32 Å². The van der Waals surface area contributed by atoms with Gasteiger partial charge in [0.2, 0.25) is 0 Å². The maximum Gasteiger partial charge on any atom is 0.163 e. The van der Waals surface area contributed by atoms with E-state index in [4.69, 9.17) is 5.26 Å². The Morgan fingerprint density at radius 3 is 2.42 bits per heavy atom. The van der Waals surface area contributed by atoms with E-state index in [0.717, 1.165) is 43.7 Å². The van der Waals surface area contributed by atoms with E-state index in [1.807, 2.05) is 24.3 Å². The first-order valence-electron chi connectivity index (χ1n) is 12.5. The quantitative estimate of drug-likeness (QED) is 0.310. The van der Waals surface area contributed by atoms with E-state index in [2.05, 4.69) is 37.1 Å². The topological polar surface area (TPSA) is 56.1 Å². The first-order valence-corrected chi connectivity index (χ1v) is 12.5. The summed E-state index contributed by atoms with van der Waals surface area (Å²) in [5, 5.41) is 12.3. The normalized spacial score (nSPS) is 17.6. The summed E-state index contributed by atoms with van der Waals surface area (Å²) in [6.45, 7) is 11.3. The minimum Gasteiger partial charge on any atom is -0.314 e. The first kappa shape index (κ1) is 25.6. The third-order valence-corrected chi connectivity index (χ3v) is 6.78. The van der Waals surface area contributed by atoms with Crippen LogP contribution in [0.3, 0.4) is 0 Å². The van der Waals surface area contributed by atoms with Gasteiger partial charge in [0.05, 0.1) is 12.5 Å². The average molecular weight is 426 g/mol. The zero-order valence-corrected chi connectivity index (χ0v) is 20.0. The monoisotopic (exact) mass is 425 g/mol. The van der Waals surface area contributed by atoms with Gasteiger partial charge in [-0.05, 0) is 30.2 Å². The van der Waals surface area contributed by atoms with Crippen LogP contribution in [-0.2, 0) is 6.42 Å². The van der Waals surface area contributed by atoms with Gasteiger partial charge in [0, 0.05) is 44.2 Å². The molecule has 0 amide bonds. The van der Waals surface area contributed by atoms with Gasteiger partial charge < -0.3 is 5.32 Å². The van der Waals surface area contributed by atoms with E-state index in [1.54, 1.807) is 0 Å². The highest BCUT2D eigenvalue weighted by molar-refractivity contribution is 5.96. The summed E-state index contributed by atoms with van der Waals surface area (Å²) in [4.78, 5) is 15.5. The number of rotatable bonds is 14. The molecule has 3 unspecified atom stereocenters. The number of hydrogen-bond acceptors (Lipinski definition) is 4. The number of ketones is 1. The molecule has 1 aliphatic heterocycles. The Morgan fingerprint density at radius 2 is 1.77 bits per heavy atom. The summed E-state index contributed by atoms with van der Waals surface area (Å²) >= 11 is 0. The molecule has 172 valence electrons. The lowest BCUT2D eigenvalue weighted by Crippen LogP contribution is -2.51. The number of nitrogens with one attached hydrogen (secondary N) is 1. The molecular weight excluding hydrogens is 382 g/mol. The summed E-state index contributed by atoms with van der Waals surface area (Å²) in [6, 6.07) is 10.3. The van der Waals surface area contributed by atoms with Crippen LogP contribution >= 0.6 is 0 Å². The van der Waals surface area contributed by atoms with E-state index in [-0.39, 0.29) is 5.78 Å².